The molecule has 10 heteroatoms. The maximum Gasteiger partial charge on any atom is 0.244 e. The van der Waals surface area contributed by atoms with Crippen molar-refractivity contribution in [2.24, 2.45) is 5.10 Å². The number of nitrogens with zero attached hydrogens (tertiary/aromatic N) is 2. The number of rotatable bonds is 4. The van der Waals surface area contributed by atoms with Crippen molar-refractivity contribution in [3.63, 3.8) is 0 Å². The maximum absolute atomic E-state index is 12.0. The summed E-state index contributed by atoms with van der Waals surface area (Å²) in [6.45, 7) is 0. The van der Waals surface area contributed by atoms with Gasteiger partial charge in [-0.2, -0.15) is 5.10 Å². The molecule has 0 saturated carbocycles. The molecule has 0 atom stereocenters. The number of aromatic nitrogens is 1. The summed E-state index contributed by atoms with van der Waals surface area (Å²) in [5.41, 5.74) is 9.73. The van der Waals surface area contributed by atoms with Crippen molar-refractivity contribution in [1.82, 2.24) is 10.4 Å². The van der Waals surface area contributed by atoms with Crippen molar-refractivity contribution in [3.8, 4) is 11.5 Å². The Balaban J connectivity index is 1.67. The van der Waals surface area contributed by atoms with Gasteiger partial charge in [-0.25, -0.2) is 10.4 Å². The van der Waals surface area contributed by atoms with Crippen LogP contribution in [0, 0.1) is 0 Å². The number of anilines is 1. The number of phenolic OH excluding ortho intramolecular Hbond substituents is 2. The Hall–Kier alpha value is -2.55. The number of benzene rings is 2. The lowest BCUT2D eigenvalue weighted by Crippen LogP contribution is -2.19. The molecule has 1 amide bonds. The molecule has 0 radical (unpaired) electrons. The van der Waals surface area contributed by atoms with E-state index in [0.717, 1.165) is 15.8 Å². The molecule has 7 nitrogen and oxygen atoms in total. The van der Waals surface area contributed by atoms with Crippen molar-refractivity contribution in [3.05, 3.63) is 45.4 Å². The van der Waals surface area contributed by atoms with Gasteiger partial charge in [0.05, 0.1) is 27.9 Å². The van der Waals surface area contributed by atoms with Gasteiger partial charge in [0.2, 0.25) is 5.91 Å². The standard InChI is InChI=1S/C16H12Cl2N4O3S/c17-9-5-8(14(24)13(18)15(9)25)6-20-22-12(23)4-7-1-2-10-11(3-7)26-16(19)21-10/h1-3,5-6,24-25H,4H2,(H2,19,21)(H,22,23)/b20-6-. The fourth-order valence-electron chi connectivity index (χ4n) is 2.21. The van der Waals surface area contributed by atoms with Crippen LogP contribution in [-0.2, 0) is 11.2 Å². The third-order valence-electron chi connectivity index (χ3n) is 3.42. The third-order valence-corrected chi connectivity index (χ3v) is 4.92. The number of nitrogen functional groups attached to an aromatic ring is 1. The highest BCUT2D eigenvalue weighted by molar-refractivity contribution is 7.22. The number of hydrazone groups is 1. The van der Waals surface area contributed by atoms with Crippen LogP contribution in [0.4, 0.5) is 5.13 Å². The topological polar surface area (TPSA) is 121 Å². The van der Waals surface area contributed by atoms with Crippen LogP contribution in [0.5, 0.6) is 11.5 Å². The van der Waals surface area contributed by atoms with E-state index in [2.05, 4.69) is 15.5 Å². The Labute approximate surface area is 161 Å². The second-order valence-corrected chi connectivity index (χ2v) is 7.13. The molecule has 1 aromatic heterocycles. The minimum atomic E-state index is -0.425. The van der Waals surface area contributed by atoms with Crippen molar-refractivity contribution in [2.75, 3.05) is 5.73 Å². The second kappa shape index (κ2) is 7.36. The SMILES string of the molecule is Nc1nc2ccc(CC(=O)N/N=C\c3cc(Cl)c(O)c(Cl)c3O)cc2s1. The highest BCUT2D eigenvalue weighted by atomic mass is 35.5. The number of phenols is 2. The zero-order chi connectivity index (χ0) is 18.8. The van der Waals surface area contributed by atoms with Crippen LogP contribution in [0.25, 0.3) is 10.2 Å². The number of nitrogens with two attached hydrogens (primary N) is 1. The maximum atomic E-state index is 12.0. The Morgan fingerprint density at radius 2 is 2.08 bits per heavy atom. The van der Waals surface area contributed by atoms with E-state index >= 15 is 0 Å². The first-order chi connectivity index (χ1) is 12.3. The zero-order valence-corrected chi connectivity index (χ0v) is 15.4. The van der Waals surface area contributed by atoms with Crippen molar-refractivity contribution in [2.45, 2.75) is 6.42 Å². The van der Waals surface area contributed by atoms with Crippen LogP contribution in [0.2, 0.25) is 10.0 Å². The number of halogens is 2. The minimum absolute atomic E-state index is 0.0438. The number of hydrogen-bond donors (Lipinski definition) is 4. The van der Waals surface area contributed by atoms with Crippen molar-refractivity contribution < 1.29 is 15.0 Å². The molecular weight excluding hydrogens is 399 g/mol. The number of carbonyl (C=O) groups excluding carboxylic acids is 1. The average Bonchev–Trinajstić information content (AvgIpc) is 2.96. The molecule has 0 aliphatic carbocycles. The molecule has 0 aliphatic rings. The van der Waals surface area contributed by atoms with Gasteiger partial charge in [0, 0.05) is 5.56 Å². The molecule has 0 aliphatic heterocycles. The lowest BCUT2D eigenvalue weighted by Gasteiger charge is -2.05. The van der Waals surface area contributed by atoms with Gasteiger partial charge in [-0.15, -0.1) is 0 Å². The van der Waals surface area contributed by atoms with E-state index in [1.54, 1.807) is 12.1 Å². The first-order valence-corrected chi connectivity index (χ1v) is 8.79. The largest absolute Gasteiger partial charge is 0.506 e. The predicted octanol–water partition coefficient (Wildman–Crippen LogP) is 3.29. The Morgan fingerprint density at radius 1 is 1.31 bits per heavy atom. The summed E-state index contributed by atoms with van der Waals surface area (Å²) < 4.78 is 0.898. The number of thiazole rings is 1. The molecule has 3 rings (SSSR count). The fourth-order valence-corrected chi connectivity index (χ4v) is 3.48. The third kappa shape index (κ3) is 3.82. The summed E-state index contributed by atoms with van der Waals surface area (Å²) in [7, 11) is 0. The van der Waals surface area contributed by atoms with Gasteiger partial charge >= 0.3 is 0 Å². The van der Waals surface area contributed by atoms with Crippen molar-refractivity contribution in [1.29, 1.82) is 0 Å². The van der Waals surface area contributed by atoms with E-state index in [1.165, 1.54) is 23.6 Å². The van der Waals surface area contributed by atoms with E-state index in [-0.39, 0.29) is 33.7 Å². The number of nitrogens with one attached hydrogen (secondary N) is 1. The molecule has 2 aromatic carbocycles. The first-order valence-electron chi connectivity index (χ1n) is 7.22. The molecule has 0 fully saturated rings. The second-order valence-electron chi connectivity index (χ2n) is 5.28. The Bertz CT molecular complexity index is 1040. The monoisotopic (exact) mass is 410 g/mol. The summed E-state index contributed by atoms with van der Waals surface area (Å²) in [5.74, 6) is -1.17. The highest BCUT2D eigenvalue weighted by Gasteiger charge is 2.13. The van der Waals surface area contributed by atoms with E-state index in [4.69, 9.17) is 28.9 Å². The molecule has 0 bridgehead atoms. The summed E-state index contributed by atoms with van der Waals surface area (Å²) in [6.07, 6.45) is 1.28. The molecule has 26 heavy (non-hydrogen) atoms. The summed E-state index contributed by atoms with van der Waals surface area (Å²) in [5, 5.41) is 23.3. The fraction of sp³-hybridized carbons (Fsp3) is 0.0625. The molecule has 5 N–H and O–H groups in total. The number of fused-ring (bicyclic) bond motifs is 1. The lowest BCUT2D eigenvalue weighted by molar-refractivity contribution is -0.120. The molecule has 0 saturated heterocycles. The summed E-state index contributed by atoms with van der Waals surface area (Å²) >= 11 is 12.9. The number of aromatic hydroxyl groups is 2. The van der Waals surface area contributed by atoms with Crippen molar-refractivity contribution >= 4 is 62.0 Å². The van der Waals surface area contributed by atoms with Crippen LogP contribution in [0.3, 0.4) is 0 Å². The van der Waals surface area contributed by atoms with Gasteiger partial charge in [-0.05, 0) is 23.8 Å². The highest BCUT2D eigenvalue weighted by Crippen LogP contribution is 2.40. The first kappa shape index (κ1) is 18.2. The van der Waals surface area contributed by atoms with Gasteiger partial charge in [-0.1, -0.05) is 40.6 Å². The van der Waals surface area contributed by atoms with E-state index < -0.39 is 5.75 Å². The molecule has 1 heterocycles. The summed E-state index contributed by atoms with van der Waals surface area (Å²) in [6, 6.07) is 6.70. The minimum Gasteiger partial charge on any atom is -0.506 e. The number of hydrogen-bond acceptors (Lipinski definition) is 7. The van der Waals surface area contributed by atoms with E-state index in [0.29, 0.717) is 5.13 Å². The number of carbonyl (C=O) groups is 1. The van der Waals surface area contributed by atoms with Gasteiger partial charge < -0.3 is 15.9 Å². The van der Waals surface area contributed by atoms with Crippen LogP contribution >= 0.6 is 34.5 Å². The van der Waals surface area contributed by atoms with E-state index in [1.807, 2.05) is 6.07 Å². The predicted molar refractivity (Wildman–Crippen MR) is 103 cm³/mol. The van der Waals surface area contributed by atoms with Gasteiger partial charge in [-0.3, -0.25) is 4.79 Å². The van der Waals surface area contributed by atoms with Crippen LogP contribution in [0.1, 0.15) is 11.1 Å². The molecule has 134 valence electrons. The average molecular weight is 411 g/mol. The van der Waals surface area contributed by atoms with Crippen LogP contribution in [0.15, 0.2) is 29.4 Å². The normalized spacial score (nSPS) is 11.3. The van der Waals surface area contributed by atoms with Gasteiger partial charge in [0.25, 0.3) is 0 Å². The Morgan fingerprint density at radius 3 is 2.85 bits per heavy atom. The smallest absolute Gasteiger partial charge is 0.244 e. The molecule has 3 aromatic rings. The van der Waals surface area contributed by atoms with Gasteiger partial charge in [0.1, 0.15) is 10.8 Å². The Kier molecular flexibility index (Phi) is 5.17. The van der Waals surface area contributed by atoms with Crippen LogP contribution < -0.4 is 11.2 Å². The quantitative estimate of drug-likeness (QED) is 0.388. The zero-order valence-electron chi connectivity index (χ0n) is 13.0. The molecule has 0 spiro atoms. The summed E-state index contributed by atoms with van der Waals surface area (Å²) in [4.78, 5) is 16.2. The van der Waals surface area contributed by atoms with Gasteiger partial charge in [0.15, 0.2) is 10.9 Å². The lowest BCUT2D eigenvalue weighted by atomic mass is 10.1. The molecule has 0 unspecified atom stereocenters. The number of amides is 1. The molecular formula is C16H12Cl2N4O3S. The van der Waals surface area contributed by atoms with Crippen LogP contribution in [-0.4, -0.2) is 27.3 Å². The van der Waals surface area contributed by atoms with E-state index in [9.17, 15) is 15.0 Å².